The van der Waals surface area contributed by atoms with Crippen LogP contribution in [0.15, 0.2) is 85.5 Å². The van der Waals surface area contributed by atoms with Gasteiger partial charge in [0.1, 0.15) is 22.7 Å². The predicted octanol–water partition coefficient (Wildman–Crippen LogP) is 3.38. The summed E-state index contributed by atoms with van der Waals surface area (Å²) in [6.45, 7) is 0. The van der Waals surface area contributed by atoms with Crippen molar-refractivity contribution in [3.63, 3.8) is 0 Å². The number of para-hydroxylation sites is 1. The van der Waals surface area contributed by atoms with Crippen molar-refractivity contribution in [2.45, 2.75) is 0 Å². The average molecular weight is 478 g/mol. The van der Waals surface area contributed by atoms with E-state index in [0.717, 1.165) is 10.8 Å². The summed E-state index contributed by atoms with van der Waals surface area (Å²) in [6, 6.07) is 16.8. The highest BCUT2D eigenvalue weighted by Gasteiger charge is 2.24. The van der Waals surface area contributed by atoms with Gasteiger partial charge in [0.25, 0.3) is 5.91 Å². The number of nitrogens with one attached hydrogen (secondary N) is 1. The largest absolute Gasteiger partial charge is 0.444 e. The van der Waals surface area contributed by atoms with Crippen LogP contribution in [0.3, 0.4) is 0 Å². The fourth-order valence-electron chi connectivity index (χ4n) is 4.05. The van der Waals surface area contributed by atoms with Crippen molar-refractivity contribution in [2.24, 2.45) is 0 Å². The number of nitrogens with two attached hydrogens (primary N) is 1. The van der Waals surface area contributed by atoms with Crippen LogP contribution in [-0.2, 0) is 0 Å². The molecule has 6 aromatic rings. The summed E-state index contributed by atoms with van der Waals surface area (Å²) < 4.78 is 17.1. The second kappa shape index (κ2) is 8.20. The zero-order chi connectivity index (χ0) is 24.8. The molecule has 10 heteroatoms. The van der Waals surface area contributed by atoms with E-state index in [9.17, 15) is 14.0 Å². The van der Waals surface area contributed by atoms with Crippen LogP contribution in [0.2, 0.25) is 0 Å². The first-order chi connectivity index (χ1) is 17.5. The molecular formula is C26H17FN7O2+. The van der Waals surface area contributed by atoms with E-state index >= 15 is 0 Å². The second-order valence-electron chi connectivity index (χ2n) is 8.10. The molecule has 0 bridgehead atoms. The highest BCUT2D eigenvalue weighted by atomic mass is 19.1. The number of pyridine rings is 2. The fraction of sp³-hybridized carbons (Fsp3) is 0. The van der Waals surface area contributed by atoms with Gasteiger partial charge in [0.15, 0.2) is 18.1 Å². The molecule has 0 aliphatic carbocycles. The molecule has 0 atom stereocenters. The molecule has 3 N–H and O–H groups in total. The number of nitrogens with zero attached hydrogens (tertiary/aromatic N) is 5. The zero-order valence-corrected chi connectivity index (χ0v) is 18.6. The molecule has 174 valence electrons. The van der Waals surface area contributed by atoms with E-state index in [1.54, 1.807) is 67.1 Å². The minimum Gasteiger partial charge on any atom is -0.369 e. The topological polar surface area (TPSA) is 119 Å². The second-order valence-corrected chi connectivity index (χ2v) is 8.10. The van der Waals surface area contributed by atoms with E-state index in [1.807, 2.05) is 6.07 Å². The number of carbonyl (C=O) groups excluding carboxylic acids is 2. The van der Waals surface area contributed by atoms with Crippen molar-refractivity contribution in [3.8, 4) is 0 Å². The van der Waals surface area contributed by atoms with Gasteiger partial charge in [0, 0.05) is 28.7 Å². The molecule has 0 aliphatic heterocycles. The van der Waals surface area contributed by atoms with E-state index in [-0.39, 0.29) is 23.1 Å². The zero-order valence-electron chi connectivity index (χ0n) is 18.6. The lowest BCUT2D eigenvalue weighted by Crippen LogP contribution is -2.42. The molecule has 2 aromatic carbocycles. The number of imidazole rings is 1. The van der Waals surface area contributed by atoms with E-state index in [2.05, 4.69) is 20.3 Å². The van der Waals surface area contributed by atoms with Crippen molar-refractivity contribution in [1.82, 2.24) is 19.4 Å². The summed E-state index contributed by atoms with van der Waals surface area (Å²) in [7, 11) is 0. The highest BCUT2D eigenvalue weighted by molar-refractivity contribution is 6.04. The number of halogens is 1. The van der Waals surface area contributed by atoms with Gasteiger partial charge in [0.05, 0.1) is 6.20 Å². The van der Waals surface area contributed by atoms with Gasteiger partial charge in [-0.2, -0.15) is 0 Å². The molecule has 0 radical (unpaired) electrons. The molecule has 1 amide bonds. The first kappa shape index (κ1) is 21.3. The third-order valence-electron chi connectivity index (χ3n) is 5.80. The monoisotopic (exact) mass is 478 g/mol. The number of fused-ring (bicyclic) bond motifs is 4. The lowest BCUT2D eigenvalue weighted by molar-refractivity contribution is -0.569. The van der Waals surface area contributed by atoms with Gasteiger partial charge in [-0.1, -0.05) is 18.2 Å². The Morgan fingerprint density at radius 1 is 0.972 bits per heavy atom. The Kier molecular flexibility index (Phi) is 4.85. The van der Waals surface area contributed by atoms with Gasteiger partial charge in [0.2, 0.25) is 5.95 Å². The lowest BCUT2D eigenvalue weighted by Gasteiger charge is -2.05. The standard InChI is InChI=1S/C26H16FN7O2/c27-19-5-3-4-18-22(19)32-26(28)34-14-21(31-23(18)34)25(36)33-11-9-15-7-8-17(12-16(15)13-33)30-24(35)20-6-1-2-10-29-20/h1-14H,(H2-,28,30,31,32,35)/p+1. The first-order valence-corrected chi connectivity index (χ1v) is 10.9. The summed E-state index contributed by atoms with van der Waals surface area (Å²) in [5.41, 5.74) is 7.40. The van der Waals surface area contributed by atoms with Crippen molar-refractivity contribution >= 4 is 50.8 Å². The molecule has 36 heavy (non-hydrogen) atoms. The van der Waals surface area contributed by atoms with Crippen LogP contribution in [0.25, 0.3) is 27.3 Å². The molecule has 0 saturated carbocycles. The van der Waals surface area contributed by atoms with Crippen LogP contribution < -0.4 is 15.6 Å². The average Bonchev–Trinajstić information content (AvgIpc) is 3.36. The molecule has 0 spiro atoms. The third-order valence-corrected chi connectivity index (χ3v) is 5.80. The molecule has 0 unspecified atom stereocenters. The molecule has 4 aromatic heterocycles. The molecule has 6 rings (SSSR count). The number of carbonyl (C=O) groups is 2. The number of rotatable bonds is 3. The summed E-state index contributed by atoms with van der Waals surface area (Å²) in [6.07, 6.45) is 6.30. The summed E-state index contributed by atoms with van der Waals surface area (Å²) in [5, 5.41) is 4.86. The molecule has 0 saturated heterocycles. The van der Waals surface area contributed by atoms with E-state index in [4.69, 9.17) is 5.73 Å². The van der Waals surface area contributed by atoms with Crippen LogP contribution in [0, 0.1) is 5.82 Å². The van der Waals surface area contributed by atoms with Crippen molar-refractivity contribution in [2.75, 3.05) is 11.1 Å². The highest BCUT2D eigenvalue weighted by Crippen LogP contribution is 2.23. The van der Waals surface area contributed by atoms with Crippen LogP contribution in [0.1, 0.15) is 21.0 Å². The number of aromatic nitrogens is 5. The van der Waals surface area contributed by atoms with E-state index in [1.165, 1.54) is 21.2 Å². The molecular weight excluding hydrogens is 461 g/mol. The normalized spacial score (nSPS) is 11.2. The van der Waals surface area contributed by atoms with Gasteiger partial charge in [-0.3, -0.25) is 14.2 Å². The lowest BCUT2D eigenvalue weighted by atomic mass is 10.1. The predicted molar refractivity (Wildman–Crippen MR) is 131 cm³/mol. The van der Waals surface area contributed by atoms with Gasteiger partial charge < -0.3 is 11.1 Å². The Morgan fingerprint density at radius 3 is 2.69 bits per heavy atom. The minimum absolute atomic E-state index is 0.0194. The Hall–Kier alpha value is -5.25. The molecule has 0 fully saturated rings. The van der Waals surface area contributed by atoms with Gasteiger partial charge in [-0.05, 0) is 41.8 Å². The van der Waals surface area contributed by atoms with E-state index < -0.39 is 11.7 Å². The molecule has 9 nitrogen and oxygen atoms in total. The van der Waals surface area contributed by atoms with Crippen molar-refractivity contribution in [1.29, 1.82) is 0 Å². The maximum atomic E-state index is 14.2. The molecule has 0 aliphatic rings. The first-order valence-electron chi connectivity index (χ1n) is 10.9. The number of hydrogen-bond donors (Lipinski definition) is 2. The Bertz CT molecular complexity index is 1830. The Labute approximate surface area is 202 Å². The summed E-state index contributed by atoms with van der Waals surface area (Å²) >= 11 is 0. The van der Waals surface area contributed by atoms with Crippen LogP contribution in [0.4, 0.5) is 16.0 Å². The number of hydrogen-bond acceptors (Lipinski definition) is 6. The van der Waals surface area contributed by atoms with Crippen molar-refractivity contribution in [3.05, 3.63) is 103 Å². The SMILES string of the molecule is Nc1nc2c(F)cccc2c2nc(C(=O)[n+]3ccc4ccc(NC(=O)c5ccccn5)cc4c3)cn12. The number of nitrogen functional groups attached to an aromatic ring is 1. The quantitative estimate of drug-likeness (QED) is 0.377. The maximum absolute atomic E-state index is 14.2. The number of anilines is 2. The summed E-state index contributed by atoms with van der Waals surface area (Å²) in [5.74, 6) is -1.25. The number of amides is 1. The fourth-order valence-corrected chi connectivity index (χ4v) is 4.05. The maximum Gasteiger partial charge on any atom is 0.444 e. The van der Waals surface area contributed by atoms with Gasteiger partial charge in [-0.15, -0.1) is 4.57 Å². The van der Waals surface area contributed by atoms with E-state index in [0.29, 0.717) is 22.4 Å². The molecule has 4 heterocycles. The van der Waals surface area contributed by atoms with Gasteiger partial charge in [-0.25, -0.2) is 19.2 Å². The number of benzene rings is 2. The Morgan fingerprint density at radius 2 is 1.86 bits per heavy atom. The van der Waals surface area contributed by atoms with Gasteiger partial charge >= 0.3 is 5.91 Å². The smallest absolute Gasteiger partial charge is 0.369 e. The van der Waals surface area contributed by atoms with Crippen LogP contribution in [-0.4, -0.2) is 31.2 Å². The Balaban J connectivity index is 1.36. The minimum atomic E-state index is -0.521. The summed E-state index contributed by atoms with van der Waals surface area (Å²) in [4.78, 5) is 38.3. The third kappa shape index (κ3) is 3.57. The van der Waals surface area contributed by atoms with Crippen LogP contribution >= 0.6 is 0 Å². The van der Waals surface area contributed by atoms with Crippen molar-refractivity contribution < 1.29 is 18.5 Å². The van der Waals surface area contributed by atoms with Crippen LogP contribution in [0.5, 0.6) is 0 Å².